The number of aromatic nitrogens is 2. The fraction of sp³-hybridized carbons (Fsp3) is 0.0169. The molecule has 2 aliphatic rings. The van der Waals surface area contributed by atoms with Crippen LogP contribution in [-0.4, -0.2) is 9.97 Å². The predicted octanol–water partition coefficient (Wildman–Crippen LogP) is 15.5. The largest absolute Gasteiger partial charge is 0.228 e. The Morgan fingerprint density at radius 3 is 1.58 bits per heavy atom. The molecule has 0 bridgehead atoms. The molecule has 2 nitrogen and oxygen atoms in total. The van der Waals surface area contributed by atoms with E-state index in [1.165, 1.54) is 70.2 Å². The summed E-state index contributed by atoms with van der Waals surface area (Å²) in [5.74, 6) is 0.700. The smallest absolute Gasteiger partial charge is 0.160 e. The van der Waals surface area contributed by atoms with Gasteiger partial charge in [0.15, 0.2) is 5.82 Å². The molecule has 2 aliphatic carbocycles. The van der Waals surface area contributed by atoms with Gasteiger partial charge in [-0.05, 0) is 109 Å². The van der Waals surface area contributed by atoms with Gasteiger partial charge in [0, 0.05) is 36.9 Å². The van der Waals surface area contributed by atoms with Gasteiger partial charge in [0.25, 0.3) is 0 Å². The maximum Gasteiger partial charge on any atom is 0.160 e. The number of rotatable bonds is 5. The highest BCUT2D eigenvalue weighted by Crippen LogP contribution is 2.64. The van der Waals surface area contributed by atoms with Gasteiger partial charge >= 0.3 is 0 Å². The van der Waals surface area contributed by atoms with E-state index in [2.05, 4.69) is 218 Å². The van der Waals surface area contributed by atoms with Crippen LogP contribution in [0.25, 0.3) is 98.6 Å². The molecule has 0 amide bonds. The Bertz CT molecular complexity index is 3540. The summed E-state index contributed by atoms with van der Waals surface area (Å²) >= 11 is 1.85. The zero-order valence-electron chi connectivity index (χ0n) is 33.6. The number of hydrogen-bond donors (Lipinski definition) is 0. The molecule has 9 aromatic carbocycles. The van der Waals surface area contributed by atoms with Crippen molar-refractivity contribution >= 4 is 31.5 Å². The molecule has 0 unspecified atom stereocenters. The average Bonchev–Trinajstić information content (AvgIpc) is 3.98. The molecule has 0 saturated carbocycles. The maximum absolute atomic E-state index is 5.46. The monoisotopic (exact) mass is 804 g/mol. The van der Waals surface area contributed by atoms with Gasteiger partial charge in [0.05, 0.1) is 16.8 Å². The molecule has 288 valence electrons. The minimum Gasteiger partial charge on any atom is -0.228 e. The van der Waals surface area contributed by atoms with Crippen LogP contribution in [0.3, 0.4) is 0 Å². The van der Waals surface area contributed by atoms with Crippen LogP contribution in [0.15, 0.2) is 218 Å². The highest BCUT2D eigenvalue weighted by molar-refractivity contribution is 7.25. The second-order valence-electron chi connectivity index (χ2n) is 16.4. The molecule has 0 radical (unpaired) electrons. The quantitative estimate of drug-likeness (QED) is 0.173. The van der Waals surface area contributed by atoms with E-state index in [1.54, 1.807) is 0 Å². The SMILES string of the molecule is c1ccc(-c2cc(-c3ccc4sc5ccccc5c4c3)cc(-c3cc(-c4cccc5c4-c4ccccc4C54c5ccccc5-c5ccccc54)nc(-c4ccccc4)n3)c2)cc1. The lowest BCUT2D eigenvalue weighted by molar-refractivity contribution is 0.794. The molecule has 3 heteroatoms. The van der Waals surface area contributed by atoms with Crippen molar-refractivity contribution < 1.29 is 0 Å². The van der Waals surface area contributed by atoms with E-state index >= 15 is 0 Å². The standard InChI is InChI=1S/C59H36N2S/c1-3-16-37(17-4-1)40-32-41(39-30-31-56-48(35-39)45-22-10-14-29-55(45)62-56)34-42(33-40)53-36-54(61-58(60-53)38-18-5-2-6-19-38)47-24-15-28-52-57(47)46-23-9-13-27-51(46)59(52)49-25-11-7-20-43(49)44-21-8-12-26-50(44)59/h1-36H. The van der Waals surface area contributed by atoms with Gasteiger partial charge in [-0.3, -0.25) is 0 Å². The molecule has 0 saturated heterocycles. The highest BCUT2D eigenvalue weighted by atomic mass is 32.1. The summed E-state index contributed by atoms with van der Waals surface area (Å²) in [7, 11) is 0. The van der Waals surface area contributed by atoms with Crippen LogP contribution >= 0.6 is 11.3 Å². The number of fused-ring (bicyclic) bond motifs is 13. The molecule has 13 rings (SSSR count). The lowest BCUT2D eigenvalue weighted by Gasteiger charge is -2.30. The van der Waals surface area contributed by atoms with Gasteiger partial charge in [0.1, 0.15) is 0 Å². The van der Waals surface area contributed by atoms with E-state index in [1.807, 2.05) is 11.3 Å². The zero-order valence-corrected chi connectivity index (χ0v) is 34.4. The van der Waals surface area contributed by atoms with Gasteiger partial charge in [0.2, 0.25) is 0 Å². The third-order valence-electron chi connectivity index (χ3n) is 13.1. The number of benzene rings is 9. The van der Waals surface area contributed by atoms with E-state index in [0.717, 1.165) is 44.8 Å². The van der Waals surface area contributed by atoms with Crippen LogP contribution < -0.4 is 0 Å². The Labute approximate surface area is 364 Å². The fourth-order valence-electron chi connectivity index (χ4n) is 10.5. The molecule has 2 heterocycles. The van der Waals surface area contributed by atoms with E-state index in [4.69, 9.17) is 9.97 Å². The Hall–Kier alpha value is -7.72. The average molecular weight is 805 g/mol. The molecule has 0 fully saturated rings. The molecule has 2 aromatic heterocycles. The van der Waals surface area contributed by atoms with Gasteiger partial charge in [-0.15, -0.1) is 11.3 Å². The van der Waals surface area contributed by atoms with E-state index in [-0.39, 0.29) is 0 Å². The van der Waals surface area contributed by atoms with Crippen LogP contribution in [0.4, 0.5) is 0 Å². The summed E-state index contributed by atoms with van der Waals surface area (Å²) in [5, 5.41) is 2.58. The van der Waals surface area contributed by atoms with Crippen LogP contribution in [0.5, 0.6) is 0 Å². The fourth-order valence-corrected chi connectivity index (χ4v) is 11.5. The second-order valence-corrected chi connectivity index (χ2v) is 17.5. The summed E-state index contributed by atoms with van der Waals surface area (Å²) in [5.41, 5.74) is 19.4. The van der Waals surface area contributed by atoms with Crippen molar-refractivity contribution in [3.8, 4) is 78.4 Å². The van der Waals surface area contributed by atoms with Gasteiger partial charge < -0.3 is 0 Å². The lowest BCUT2D eigenvalue weighted by Crippen LogP contribution is -2.25. The summed E-state index contributed by atoms with van der Waals surface area (Å²) in [4.78, 5) is 10.9. The van der Waals surface area contributed by atoms with Crippen LogP contribution in [0, 0.1) is 0 Å². The van der Waals surface area contributed by atoms with E-state index in [9.17, 15) is 0 Å². The summed E-state index contributed by atoms with van der Waals surface area (Å²) in [6.07, 6.45) is 0. The third kappa shape index (κ3) is 5.16. The van der Waals surface area contributed by atoms with Gasteiger partial charge in [-0.1, -0.05) is 176 Å². The minimum absolute atomic E-state index is 0.443. The first-order valence-corrected chi connectivity index (χ1v) is 22.0. The van der Waals surface area contributed by atoms with Crippen LogP contribution in [0.2, 0.25) is 0 Å². The summed E-state index contributed by atoms with van der Waals surface area (Å²) < 4.78 is 2.60. The minimum atomic E-state index is -0.443. The molecular formula is C59H36N2S. The lowest BCUT2D eigenvalue weighted by atomic mass is 9.70. The van der Waals surface area contributed by atoms with Crippen LogP contribution in [-0.2, 0) is 5.41 Å². The third-order valence-corrected chi connectivity index (χ3v) is 14.3. The topological polar surface area (TPSA) is 25.8 Å². The predicted molar refractivity (Wildman–Crippen MR) is 258 cm³/mol. The van der Waals surface area contributed by atoms with Crippen molar-refractivity contribution in [2.75, 3.05) is 0 Å². The highest BCUT2D eigenvalue weighted by Gasteiger charge is 2.52. The zero-order chi connectivity index (χ0) is 40.8. The molecule has 0 atom stereocenters. The molecule has 0 aliphatic heterocycles. The van der Waals surface area contributed by atoms with Gasteiger partial charge in [-0.25, -0.2) is 9.97 Å². The first kappa shape index (κ1) is 35.1. The van der Waals surface area contributed by atoms with Crippen LogP contribution in [0.1, 0.15) is 22.3 Å². The maximum atomic E-state index is 5.46. The first-order valence-electron chi connectivity index (χ1n) is 21.2. The van der Waals surface area contributed by atoms with Crippen molar-refractivity contribution in [3.63, 3.8) is 0 Å². The first-order chi connectivity index (χ1) is 30.7. The Balaban J connectivity index is 1.06. The van der Waals surface area contributed by atoms with E-state index < -0.39 is 5.41 Å². The Kier molecular flexibility index (Phi) is 7.72. The van der Waals surface area contributed by atoms with Crippen molar-refractivity contribution in [1.29, 1.82) is 0 Å². The number of hydrogen-bond acceptors (Lipinski definition) is 3. The molecular weight excluding hydrogens is 769 g/mol. The second kappa shape index (κ2) is 13.7. The molecule has 0 N–H and O–H groups in total. The van der Waals surface area contributed by atoms with Gasteiger partial charge in [-0.2, -0.15) is 0 Å². The molecule has 62 heavy (non-hydrogen) atoms. The van der Waals surface area contributed by atoms with E-state index in [0.29, 0.717) is 5.82 Å². The summed E-state index contributed by atoms with van der Waals surface area (Å²) in [6.45, 7) is 0. The van der Waals surface area contributed by atoms with Crippen molar-refractivity contribution in [2.24, 2.45) is 0 Å². The van der Waals surface area contributed by atoms with Crippen molar-refractivity contribution in [3.05, 3.63) is 241 Å². The molecule has 1 spiro atoms. The molecule has 11 aromatic rings. The summed E-state index contributed by atoms with van der Waals surface area (Å²) in [6, 6.07) is 79.7. The number of thiophene rings is 1. The normalized spacial score (nSPS) is 13.0. The van der Waals surface area contributed by atoms with Crippen molar-refractivity contribution in [1.82, 2.24) is 9.97 Å². The Morgan fingerprint density at radius 2 is 0.839 bits per heavy atom. The Morgan fingerprint density at radius 1 is 0.306 bits per heavy atom. The van der Waals surface area contributed by atoms with Crippen molar-refractivity contribution in [2.45, 2.75) is 5.41 Å². The number of nitrogens with zero attached hydrogens (tertiary/aromatic N) is 2.